The van der Waals surface area contributed by atoms with E-state index in [1.807, 2.05) is 0 Å². The molecule has 1 aromatic carbocycles. The van der Waals surface area contributed by atoms with Gasteiger partial charge in [-0.1, -0.05) is 0 Å². The topological polar surface area (TPSA) is 67.4 Å². The highest BCUT2D eigenvalue weighted by Gasteiger charge is 2.20. The van der Waals surface area contributed by atoms with Crippen molar-refractivity contribution in [2.45, 2.75) is 0 Å². The zero-order chi connectivity index (χ0) is 14.6. The minimum absolute atomic E-state index is 0.0498. The van der Waals surface area contributed by atoms with Crippen LogP contribution < -0.4 is 10.6 Å². The van der Waals surface area contributed by atoms with Crippen molar-refractivity contribution in [3.63, 3.8) is 0 Å². The van der Waals surface area contributed by atoms with Crippen molar-refractivity contribution in [2.75, 3.05) is 31.4 Å². The van der Waals surface area contributed by atoms with Gasteiger partial charge in [0.15, 0.2) is 6.29 Å². The number of methoxy groups -OCH3 is 1. The standard InChI is InChI=1S/C11H11I3N2O3/c1-15-11-8(13)7(12)5(3-17)10(9(11)14)16-6(18)4-19-2/h3,15H,4H2,1-2H3,(H,16,18). The van der Waals surface area contributed by atoms with E-state index in [-0.39, 0.29) is 12.5 Å². The van der Waals surface area contributed by atoms with Gasteiger partial charge in [0.2, 0.25) is 5.91 Å². The summed E-state index contributed by atoms with van der Waals surface area (Å²) in [7, 11) is 3.25. The molecule has 0 radical (unpaired) electrons. The van der Waals surface area contributed by atoms with Gasteiger partial charge in [-0.15, -0.1) is 0 Å². The third kappa shape index (κ3) is 3.91. The number of benzene rings is 1. The number of nitrogens with one attached hydrogen (secondary N) is 2. The maximum atomic E-state index is 11.6. The average molecular weight is 600 g/mol. The first-order valence-corrected chi connectivity index (χ1v) is 8.33. The van der Waals surface area contributed by atoms with Crippen molar-refractivity contribution in [2.24, 2.45) is 0 Å². The number of ether oxygens (including phenoxy) is 1. The van der Waals surface area contributed by atoms with Crippen molar-refractivity contribution in [3.05, 3.63) is 16.3 Å². The van der Waals surface area contributed by atoms with Crippen LogP contribution in [0.1, 0.15) is 10.4 Å². The van der Waals surface area contributed by atoms with Crippen LogP contribution in [-0.4, -0.2) is 33.0 Å². The van der Waals surface area contributed by atoms with E-state index < -0.39 is 0 Å². The van der Waals surface area contributed by atoms with Crippen LogP contribution in [0, 0.1) is 10.7 Å². The predicted molar refractivity (Wildman–Crippen MR) is 100 cm³/mol. The molecule has 0 unspecified atom stereocenters. The van der Waals surface area contributed by atoms with Gasteiger partial charge in [-0.3, -0.25) is 9.59 Å². The lowest BCUT2D eigenvalue weighted by molar-refractivity contribution is -0.119. The molecule has 19 heavy (non-hydrogen) atoms. The van der Waals surface area contributed by atoms with Crippen LogP contribution in [0.25, 0.3) is 0 Å². The Hall–Kier alpha value is 0.310. The van der Waals surface area contributed by atoms with E-state index in [1.54, 1.807) is 7.05 Å². The molecule has 8 heteroatoms. The Morgan fingerprint density at radius 3 is 2.32 bits per heavy atom. The lowest BCUT2D eigenvalue weighted by Crippen LogP contribution is -2.20. The van der Waals surface area contributed by atoms with Gasteiger partial charge in [0.25, 0.3) is 0 Å². The first-order chi connectivity index (χ1) is 8.97. The number of hydrogen-bond acceptors (Lipinski definition) is 4. The number of halogens is 3. The molecular formula is C11H11I3N2O3. The highest BCUT2D eigenvalue weighted by molar-refractivity contribution is 14.1. The van der Waals surface area contributed by atoms with Gasteiger partial charge < -0.3 is 15.4 Å². The molecule has 2 N–H and O–H groups in total. The summed E-state index contributed by atoms with van der Waals surface area (Å²) in [4.78, 5) is 22.9. The Labute approximate surface area is 152 Å². The summed E-state index contributed by atoms with van der Waals surface area (Å²) in [5, 5.41) is 5.81. The van der Waals surface area contributed by atoms with Gasteiger partial charge >= 0.3 is 0 Å². The van der Waals surface area contributed by atoms with Crippen molar-refractivity contribution >= 4 is 91.3 Å². The van der Waals surface area contributed by atoms with Gasteiger partial charge in [-0.05, 0) is 67.8 Å². The fourth-order valence-electron chi connectivity index (χ4n) is 1.44. The van der Waals surface area contributed by atoms with Crippen LogP contribution in [0.2, 0.25) is 0 Å². The first kappa shape index (κ1) is 17.4. The maximum absolute atomic E-state index is 11.6. The van der Waals surface area contributed by atoms with Gasteiger partial charge in [0.1, 0.15) is 6.61 Å². The Kier molecular flexibility index (Phi) is 7.24. The van der Waals surface area contributed by atoms with Crippen LogP contribution in [-0.2, 0) is 9.53 Å². The van der Waals surface area contributed by atoms with Gasteiger partial charge in [-0.25, -0.2) is 0 Å². The Morgan fingerprint density at radius 2 is 1.84 bits per heavy atom. The van der Waals surface area contributed by atoms with Crippen LogP contribution in [0.5, 0.6) is 0 Å². The molecule has 0 spiro atoms. The number of aldehydes is 1. The summed E-state index contributed by atoms with van der Waals surface area (Å²) >= 11 is 6.38. The third-order valence-corrected chi connectivity index (χ3v) is 6.57. The monoisotopic (exact) mass is 600 g/mol. The smallest absolute Gasteiger partial charge is 0.250 e. The number of carbonyl (C=O) groups is 2. The first-order valence-electron chi connectivity index (χ1n) is 5.10. The number of hydrogen-bond donors (Lipinski definition) is 2. The fraction of sp³-hybridized carbons (Fsp3) is 0.273. The zero-order valence-electron chi connectivity index (χ0n) is 10.1. The SMILES string of the molecule is CNc1c(I)c(I)c(C=O)c(NC(=O)COC)c1I. The highest BCUT2D eigenvalue weighted by Crippen LogP contribution is 2.37. The molecule has 0 atom stereocenters. The van der Waals surface area contributed by atoms with E-state index in [9.17, 15) is 9.59 Å². The minimum atomic E-state index is -0.289. The number of rotatable bonds is 5. The molecular weight excluding hydrogens is 589 g/mol. The Balaban J connectivity index is 3.39. The van der Waals surface area contributed by atoms with Crippen LogP contribution >= 0.6 is 67.8 Å². The summed E-state index contributed by atoms with van der Waals surface area (Å²) in [5.41, 5.74) is 1.90. The maximum Gasteiger partial charge on any atom is 0.250 e. The predicted octanol–water partition coefficient (Wildman–Crippen LogP) is 2.94. The number of amides is 1. The normalized spacial score (nSPS) is 10.2. The van der Waals surface area contributed by atoms with Gasteiger partial charge in [0.05, 0.1) is 24.1 Å². The minimum Gasteiger partial charge on any atom is -0.386 e. The molecule has 0 fully saturated rings. The summed E-state index contributed by atoms with van der Waals surface area (Å²) in [5.74, 6) is -0.289. The van der Waals surface area contributed by atoms with Gasteiger partial charge in [-0.2, -0.15) is 0 Å². The van der Waals surface area contributed by atoms with Crippen molar-refractivity contribution < 1.29 is 14.3 Å². The summed E-state index contributed by atoms with van der Waals surface area (Å²) in [6.45, 7) is -0.0498. The molecule has 0 aliphatic heterocycles. The molecule has 0 bridgehead atoms. The third-order valence-electron chi connectivity index (χ3n) is 2.26. The summed E-state index contributed by atoms with van der Waals surface area (Å²) in [6.07, 6.45) is 0.758. The van der Waals surface area contributed by atoms with E-state index in [1.165, 1.54) is 7.11 Å². The van der Waals surface area contributed by atoms with Crippen molar-refractivity contribution in [1.29, 1.82) is 0 Å². The molecule has 104 valence electrons. The van der Waals surface area contributed by atoms with E-state index in [0.717, 1.165) is 22.7 Å². The largest absolute Gasteiger partial charge is 0.386 e. The molecule has 0 heterocycles. The lowest BCUT2D eigenvalue weighted by Gasteiger charge is -2.17. The van der Waals surface area contributed by atoms with Crippen LogP contribution in [0.4, 0.5) is 11.4 Å². The molecule has 0 saturated heterocycles. The lowest BCUT2D eigenvalue weighted by atomic mass is 10.1. The second-order valence-corrected chi connectivity index (χ2v) is 6.69. The van der Waals surface area contributed by atoms with Gasteiger partial charge in [0, 0.05) is 17.7 Å². The number of anilines is 2. The molecule has 1 rings (SSSR count). The second kappa shape index (κ2) is 7.93. The van der Waals surface area contributed by atoms with E-state index >= 15 is 0 Å². The average Bonchev–Trinajstić information content (AvgIpc) is 2.37. The van der Waals surface area contributed by atoms with E-state index in [0.29, 0.717) is 11.3 Å². The van der Waals surface area contributed by atoms with Crippen LogP contribution in [0.15, 0.2) is 0 Å². The van der Waals surface area contributed by atoms with Crippen molar-refractivity contribution in [1.82, 2.24) is 0 Å². The molecule has 0 aliphatic rings. The molecule has 0 aromatic heterocycles. The van der Waals surface area contributed by atoms with E-state index in [2.05, 4.69) is 78.4 Å². The molecule has 1 aromatic rings. The summed E-state index contributed by atoms with van der Waals surface area (Å²) < 4.78 is 7.35. The number of carbonyl (C=O) groups excluding carboxylic acids is 2. The fourth-order valence-corrected chi connectivity index (χ4v) is 4.41. The quantitative estimate of drug-likeness (QED) is 0.310. The van der Waals surface area contributed by atoms with Crippen LogP contribution in [0.3, 0.4) is 0 Å². The Bertz CT molecular complexity index is 521. The molecule has 0 aliphatic carbocycles. The zero-order valence-corrected chi connectivity index (χ0v) is 16.6. The molecule has 1 amide bonds. The molecule has 0 saturated carbocycles. The highest BCUT2D eigenvalue weighted by atomic mass is 127. The van der Waals surface area contributed by atoms with Crippen molar-refractivity contribution in [3.8, 4) is 0 Å². The Morgan fingerprint density at radius 1 is 1.21 bits per heavy atom. The molecule has 5 nitrogen and oxygen atoms in total. The van der Waals surface area contributed by atoms with E-state index in [4.69, 9.17) is 4.74 Å². The second-order valence-electron chi connectivity index (χ2n) is 3.45. The summed E-state index contributed by atoms with van der Waals surface area (Å²) in [6, 6.07) is 0.